The molecule has 0 fully saturated rings. The Hall–Kier alpha value is -2.50. The van der Waals surface area contributed by atoms with Crippen molar-refractivity contribution in [3.05, 3.63) is 59.7 Å². The molecule has 25 heavy (non-hydrogen) atoms. The minimum Gasteiger partial charge on any atom is -0.394 e. The number of aliphatic hydroxyl groups excluding tert-OH is 2. The molecule has 2 aromatic rings. The van der Waals surface area contributed by atoms with Gasteiger partial charge in [-0.25, -0.2) is 0 Å². The first-order chi connectivity index (χ1) is 12.1. The molecule has 0 aliphatic carbocycles. The monoisotopic (exact) mass is 341 g/mol. The van der Waals surface area contributed by atoms with E-state index in [4.69, 9.17) is 10.2 Å². The maximum atomic E-state index is 12.1. The summed E-state index contributed by atoms with van der Waals surface area (Å²) in [7, 11) is 0. The van der Waals surface area contributed by atoms with Crippen molar-refractivity contribution in [3.8, 4) is 11.1 Å². The number of carbonyl (C=O) groups excluding carboxylic acids is 2. The highest BCUT2D eigenvalue weighted by molar-refractivity contribution is 5.98. The normalized spacial score (nSPS) is 11.8. The molecule has 0 aliphatic rings. The molecule has 2 aromatic carbocycles. The second kappa shape index (κ2) is 9.11. The third-order valence-electron chi connectivity index (χ3n) is 4.01. The van der Waals surface area contributed by atoms with E-state index in [9.17, 15) is 9.59 Å². The summed E-state index contributed by atoms with van der Waals surface area (Å²) in [5.41, 5.74) is 3.74. The number of benzene rings is 2. The third-order valence-corrected chi connectivity index (χ3v) is 4.01. The standard InChI is InChI=1S/C20H23NO4/c1-2-3-14-4-6-15(7-5-14)16-8-10-17(11-9-16)20(25)21-18(12-22)19(24)13-23/h4-11,18,22-23H,2-3,12-13H2,1H3,(H,21,25)/t18-/m1/s1. The van der Waals surface area contributed by atoms with E-state index in [1.165, 1.54) is 5.56 Å². The van der Waals surface area contributed by atoms with Crippen molar-refractivity contribution in [2.45, 2.75) is 25.8 Å². The van der Waals surface area contributed by atoms with Crippen molar-refractivity contribution >= 4 is 11.7 Å². The Morgan fingerprint density at radius 2 is 1.52 bits per heavy atom. The van der Waals surface area contributed by atoms with Crippen LogP contribution >= 0.6 is 0 Å². The van der Waals surface area contributed by atoms with Gasteiger partial charge >= 0.3 is 0 Å². The number of ketones is 1. The number of aliphatic hydroxyl groups is 2. The first-order valence-corrected chi connectivity index (χ1v) is 8.33. The van der Waals surface area contributed by atoms with Crippen molar-refractivity contribution in [2.24, 2.45) is 0 Å². The van der Waals surface area contributed by atoms with E-state index < -0.39 is 30.9 Å². The Bertz CT molecular complexity index is 707. The van der Waals surface area contributed by atoms with Gasteiger partial charge in [0, 0.05) is 5.56 Å². The van der Waals surface area contributed by atoms with Gasteiger partial charge in [0.2, 0.25) is 0 Å². The number of hydrogen-bond acceptors (Lipinski definition) is 4. The molecule has 132 valence electrons. The molecule has 0 saturated heterocycles. The molecule has 5 heteroatoms. The topological polar surface area (TPSA) is 86.6 Å². The quantitative estimate of drug-likeness (QED) is 0.685. The lowest BCUT2D eigenvalue weighted by molar-refractivity contribution is -0.124. The van der Waals surface area contributed by atoms with Gasteiger partial charge in [-0.2, -0.15) is 0 Å². The molecule has 0 heterocycles. The van der Waals surface area contributed by atoms with E-state index >= 15 is 0 Å². The average molecular weight is 341 g/mol. The van der Waals surface area contributed by atoms with Crippen molar-refractivity contribution in [1.29, 1.82) is 0 Å². The molecule has 0 bridgehead atoms. The Morgan fingerprint density at radius 3 is 2.00 bits per heavy atom. The zero-order valence-corrected chi connectivity index (χ0v) is 14.2. The van der Waals surface area contributed by atoms with E-state index in [2.05, 4.69) is 36.5 Å². The Morgan fingerprint density at radius 1 is 0.960 bits per heavy atom. The number of nitrogens with one attached hydrogen (secondary N) is 1. The first-order valence-electron chi connectivity index (χ1n) is 8.33. The van der Waals surface area contributed by atoms with Gasteiger partial charge in [-0.15, -0.1) is 0 Å². The number of Topliss-reactive ketones (excluding diaryl/α,β-unsaturated/α-hetero) is 1. The lowest BCUT2D eigenvalue weighted by atomic mass is 10.0. The van der Waals surface area contributed by atoms with Crippen LogP contribution in [0.2, 0.25) is 0 Å². The summed E-state index contributed by atoms with van der Waals surface area (Å²) >= 11 is 0. The zero-order chi connectivity index (χ0) is 18.2. The fourth-order valence-corrected chi connectivity index (χ4v) is 2.55. The summed E-state index contributed by atoms with van der Waals surface area (Å²) in [6, 6.07) is 14.2. The van der Waals surface area contributed by atoms with Crippen LogP contribution in [0.5, 0.6) is 0 Å². The molecule has 0 aliphatic heterocycles. The number of rotatable bonds is 8. The number of carbonyl (C=O) groups is 2. The second-order valence-corrected chi connectivity index (χ2v) is 5.86. The van der Waals surface area contributed by atoms with Gasteiger partial charge in [0.05, 0.1) is 6.61 Å². The van der Waals surface area contributed by atoms with Gasteiger partial charge in [-0.1, -0.05) is 49.7 Å². The molecule has 1 atom stereocenters. The van der Waals surface area contributed by atoms with Crippen molar-refractivity contribution < 1.29 is 19.8 Å². The number of hydrogen-bond donors (Lipinski definition) is 3. The van der Waals surface area contributed by atoms with E-state index in [0.717, 1.165) is 24.0 Å². The lowest BCUT2D eigenvalue weighted by Crippen LogP contribution is -2.44. The smallest absolute Gasteiger partial charge is 0.251 e. The molecular weight excluding hydrogens is 318 g/mol. The highest BCUT2D eigenvalue weighted by Crippen LogP contribution is 2.21. The van der Waals surface area contributed by atoms with E-state index in [1.807, 2.05) is 12.1 Å². The molecule has 0 unspecified atom stereocenters. The third kappa shape index (κ3) is 4.98. The SMILES string of the molecule is CCCc1ccc(-c2ccc(C(=O)N[C@H](CO)C(=O)CO)cc2)cc1. The van der Waals surface area contributed by atoms with Crippen LogP contribution in [0.15, 0.2) is 48.5 Å². The van der Waals surface area contributed by atoms with Crippen LogP contribution in [0, 0.1) is 0 Å². The molecule has 0 aromatic heterocycles. The van der Waals surface area contributed by atoms with E-state index in [1.54, 1.807) is 12.1 Å². The summed E-state index contributed by atoms with van der Waals surface area (Å²) in [5, 5.41) is 20.4. The van der Waals surface area contributed by atoms with Crippen molar-refractivity contribution in [1.82, 2.24) is 5.32 Å². The lowest BCUT2D eigenvalue weighted by Gasteiger charge is -2.14. The van der Waals surface area contributed by atoms with Crippen molar-refractivity contribution in [2.75, 3.05) is 13.2 Å². The summed E-state index contributed by atoms with van der Waals surface area (Å²) in [6.45, 7) is 0.874. The zero-order valence-electron chi connectivity index (χ0n) is 14.2. The highest BCUT2D eigenvalue weighted by atomic mass is 16.3. The molecular formula is C20H23NO4. The van der Waals surface area contributed by atoms with Gasteiger partial charge < -0.3 is 15.5 Å². The predicted octanol–water partition coefficient (Wildman–Crippen LogP) is 1.96. The van der Waals surface area contributed by atoms with Crippen LogP contribution in [0.4, 0.5) is 0 Å². The molecule has 3 N–H and O–H groups in total. The summed E-state index contributed by atoms with van der Waals surface area (Å²) < 4.78 is 0. The fourth-order valence-electron chi connectivity index (χ4n) is 2.55. The van der Waals surface area contributed by atoms with Gasteiger partial charge in [-0.05, 0) is 35.2 Å². The van der Waals surface area contributed by atoms with Gasteiger partial charge in [0.1, 0.15) is 12.6 Å². The molecule has 5 nitrogen and oxygen atoms in total. The van der Waals surface area contributed by atoms with E-state index in [-0.39, 0.29) is 0 Å². The minimum atomic E-state index is -1.09. The average Bonchev–Trinajstić information content (AvgIpc) is 2.66. The molecule has 0 saturated carbocycles. The maximum absolute atomic E-state index is 12.1. The van der Waals surface area contributed by atoms with Crippen molar-refractivity contribution in [3.63, 3.8) is 0 Å². The summed E-state index contributed by atoms with van der Waals surface area (Å²) in [6.07, 6.45) is 2.16. The fraction of sp³-hybridized carbons (Fsp3) is 0.300. The predicted molar refractivity (Wildman–Crippen MR) is 96.3 cm³/mol. The van der Waals surface area contributed by atoms with Crippen LogP contribution in [-0.2, 0) is 11.2 Å². The van der Waals surface area contributed by atoms with Crippen LogP contribution in [0.1, 0.15) is 29.3 Å². The molecule has 0 radical (unpaired) electrons. The summed E-state index contributed by atoms with van der Waals surface area (Å²) in [4.78, 5) is 23.5. The number of amides is 1. The van der Waals surface area contributed by atoms with Crippen LogP contribution in [0.3, 0.4) is 0 Å². The van der Waals surface area contributed by atoms with Crippen LogP contribution in [-0.4, -0.2) is 41.2 Å². The minimum absolute atomic E-state index is 0.385. The van der Waals surface area contributed by atoms with E-state index in [0.29, 0.717) is 5.56 Å². The second-order valence-electron chi connectivity index (χ2n) is 5.86. The molecule has 0 spiro atoms. The Kier molecular flexibility index (Phi) is 6.86. The van der Waals surface area contributed by atoms with Crippen LogP contribution in [0.25, 0.3) is 11.1 Å². The number of aryl methyl sites for hydroxylation is 1. The first kappa shape index (κ1) is 18.8. The largest absolute Gasteiger partial charge is 0.394 e. The van der Waals surface area contributed by atoms with Crippen LogP contribution < -0.4 is 5.32 Å². The maximum Gasteiger partial charge on any atom is 0.251 e. The Balaban J connectivity index is 2.08. The highest BCUT2D eigenvalue weighted by Gasteiger charge is 2.19. The molecule has 1 amide bonds. The van der Waals surface area contributed by atoms with Gasteiger partial charge in [0.25, 0.3) is 5.91 Å². The summed E-state index contributed by atoms with van der Waals surface area (Å²) in [5.74, 6) is -1.09. The van der Waals surface area contributed by atoms with Gasteiger partial charge in [-0.3, -0.25) is 9.59 Å². The van der Waals surface area contributed by atoms with Gasteiger partial charge in [0.15, 0.2) is 5.78 Å². The molecule has 2 rings (SSSR count). The Labute approximate surface area is 147 Å².